The molecule has 0 fully saturated rings. The first-order chi connectivity index (χ1) is 11.7. The maximum atomic E-state index is 12.3. The number of ether oxygens (including phenoxy) is 1. The monoisotopic (exact) mass is 382 g/mol. The highest BCUT2D eigenvalue weighted by Gasteiger charge is 2.17. The lowest BCUT2D eigenvalue weighted by Gasteiger charge is -2.11. The fourth-order valence-corrected chi connectivity index (χ4v) is 3.44. The molecule has 2 rings (SSSR count). The van der Waals surface area contributed by atoms with Crippen molar-refractivity contribution >= 4 is 33.2 Å². The van der Waals surface area contributed by atoms with Crippen molar-refractivity contribution in [2.24, 2.45) is 0 Å². The topological polar surface area (TPSA) is 84.5 Å². The number of hydrogen-bond donors (Lipinski definition) is 2. The Bertz CT molecular complexity index is 898. The smallest absolute Gasteiger partial charge is 0.241 e. The van der Waals surface area contributed by atoms with Gasteiger partial charge in [0.25, 0.3) is 0 Å². The molecule has 2 aromatic rings. The van der Waals surface area contributed by atoms with Gasteiger partial charge in [-0.2, -0.15) is 0 Å². The Labute approximate surface area is 152 Å². The van der Waals surface area contributed by atoms with Crippen LogP contribution in [-0.2, 0) is 14.8 Å². The number of hydrogen-bond acceptors (Lipinski definition) is 4. The minimum atomic E-state index is -3.81. The number of methoxy groups -OCH3 is 1. The van der Waals surface area contributed by atoms with Crippen molar-refractivity contribution in [2.75, 3.05) is 19.0 Å². The fourth-order valence-electron chi connectivity index (χ4n) is 2.20. The summed E-state index contributed by atoms with van der Waals surface area (Å²) in [7, 11) is -2.30. The van der Waals surface area contributed by atoms with Crippen LogP contribution in [0.2, 0.25) is 5.02 Å². The maximum Gasteiger partial charge on any atom is 0.241 e. The van der Waals surface area contributed by atoms with E-state index in [0.717, 1.165) is 0 Å². The van der Waals surface area contributed by atoms with Gasteiger partial charge in [0.15, 0.2) is 0 Å². The molecule has 0 aliphatic carbocycles. The average molecular weight is 383 g/mol. The second-order valence-corrected chi connectivity index (χ2v) is 7.59. The van der Waals surface area contributed by atoms with Crippen molar-refractivity contribution < 1.29 is 17.9 Å². The standard InChI is InChI=1S/C17H19ClN2O4S/c1-11-9-13(7-8-16(11)24-3)25(22,23)19-10-17(21)20-15-6-4-5-14(18)12(15)2/h4-9,19H,10H2,1-3H3,(H,20,21). The van der Waals surface area contributed by atoms with Crippen molar-refractivity contribution in [2.45, 2.75) is 18.7 Å². The first-order valence-corrected chi connectivity index (χ1v) is 9.30. The number of nitrogens with one attached hydrogen (secondary N) is 2. The summed E-state index contributed by atoms with van der Waals surface area (Å²) in [6.07, 6.45) is 0. The van der Waals surface area contributed by atoms with Crippen LogP contribution in [0.1, 0.15) is 11.1 Å². The van der Waals surface area contributed by atoms with E-state index in [1.165, 1.54) is 19.2 Å². The maximum absolute atomic E-state index is 12.3. The third-order valence-electron chi connectivity index (χ3n) is 3.64. The predicted molar refractivity (Wildman–Crippen MR) is 97.7 cm³/mol. The number of carbonyl (C=O) groups excluding carboxylic acids is 1. The van der Waals surface area contributed by atoms with Crippen LogP contribution in [0.25, 0.3) is 0 Å². The number of carbonyl (C=O) groups is 1. The van der Waals surface area contributed by atoms with Crippen LogP contribution in [0, 0.1) is 13.8 Å². The molecule has 0 radical (unpaired) electrons. The van der Waals surface area contributed by atoms with E-state index in [9.17, 15) is 13.2 Å². The van der Waals surface area contributed by atoms with E-state index >= 15 is 0 Å². The number of aryl methyl sites for hydroxylation is 1. The molecule has 0 spiro atoms. The molecule has 6 nitrogen and oxygen atoms in total. The summed E-state index contributed by atoms with van der Waals surface area (Å²) in [4.78, 5) is 12.1. The molecule has 2 aromatic carbocycles. The first-order valence-electron chi connectivity index (χ1n) is 7.44. The molecule has 0 heterocycles. The minimum Gasteiger partial charge on any atom is -0.496 e. The predicted octanol–water partition coefficient (Wildman–Crippen LogP) is 2.88. The largest absolute Gasteiger partial charge is 0.496 e. The van der Waals surface area contributed by atoms with Crippen molar-refractivity contribution in [3.05, 3.63) is 52.5 Å². The highest BCUT2D eigenvalue weighted by Crippen LogP contribution is 2.23. The molecular formula is C17H19ClN2O4S. The summed E-state index contributed by atoms with van der Waals surface area (Å²) in [6, 6.07) is 9.59. The van der Waals surface area contributed by atoms with Gasteiger partial charge < -0.3 is 10.1 Å². The molecule has 0 saturated heterocycles. The molecule has 0 unspecified atom stereocenters. The van der Waals surface area contributed by atoms with E-state index in [4.69, 9.17) is 16.3 Å². The zero-order valence-corrected chi connectivity index (χ0v) is 15.7. The molecule has 0 saturated carbocycles. The lowest BCUT2D eigenvalue weighted by molar-refractivity contribution is -0.115. The summed E-state index contributed by atoms with van der Waals surface area (Å²) in [5, 5.41) is 3.15. The SMILES string of the molecule is COc1ccc(S(=O)(=O)NCC(=O)Nc2cccc(Cl)c2C)cc1C. The first kappa shape index (κ1) is 19.2. The summed E-state index contributed by atoms with van der Waals surface area (Å²) < 4.78 is 32.0. The van der Waals surface area contributed by atoms with E-state index in [1.807, 2.05) is 0 Å². The van der Waals surface area contributed by atoms with Gasteiger partial charge in [0.05, 0.1) is 18.6 Å². The number of sulfonamides is 1. The Kier molecular flexibility index (Phi) is 6.05. The second kappa shape index (κ2) is 7.86. The molecular weight excluding hydrogens is 364 g/mol. The van der Waals surface area contributed by atoms with Gasteiger partial charge in [-0.3, -0.25) is 4.79 Å². The Balaban J connectivity index is 2.05. The molecule has 0 atom stereocenters. The van der Waals surface area contributed by atoms with Crippen LogP contribution in [0.4, 0.5) is 5.69 Å². The Morgan fingerprint density at radius 2 is 1.92 bits per heavy atom. The molecule has 0 aromatic heterocycles. The van der Waals surface area contributed by atoms with Gasteiger partial charge in [0, 0.05) is 10.7 Å². The van der Waals surface area contributed by atoms with Gasteiger partial charge in [0.2, 0.25) is 15.9 Å². The third-order valence-corrected chi connectivity index (χ3v) is 5.45. The van der Waals surface area contributed by atoms with Crippen molar-refractivity contribution in [1.29, 1.82) is 0 Å². The van der Waals surface area contributed by atoms with Crippen molar-refractivity contribution in [3.8, 4) is 5.75 Å². The van der Waals surface area contributed by atoms with Crippen LogP contribution >= 0.6 is 11.6 Å². The summed E-state index contributed by atoms with van der Waals surface area (Å²) in [6.45, 7) is 3.12. The van der Waals surface area contributed by atoms with E-state index in [0.29, 0.717) is 27.6 Å². The van der Waals surface area contributed by atoms with Crippen LogP contribution in [0.3, 0.4) is 0 Å². The molecule has 25 heavy (non-hydrogen) atoms. The van der Waals surface area contributed by atoms with Crippen LogP contribution in [0.15, 0.2) is 41.3 Å². The lowest BCUT2D eigenvalue weighted by Crippen LogP contribution is -2.33. The number of halogens is 1. The normalized spacial score (nSPS) is 11.2. The molecule has 134 valence electrons. The van der Waals surface area contributed by atoms with E-state index in [1.54, 1.807) is 38.1 Å². The van der Waals surface area contributed by atoms with Crippen molar-refractivity contribution in [3.63, 3.8) is 0 Å². The van der Waals surface area contributed by atoms with Gasteiger partial charge in [-0.25, -0.2) is 13.1 Å². The second-order valence-electron chi connectivity index (χ2n) is 5.42. The van der Waals surface area contributed by atoms with Gasteiger partial charge >= 0.3 is 0 Å². The zero-order chi connectivity index (χ0) is 18.6. The minimum absolute atomic E-state index is 0.0672. The van der Waals surface area contributed by atoms with E-state index in [-0.39, 0.29) is 11.4 Å². The van der Waals surface area contributed by atoms with E-state index in [2.05, 4.69) is 10.0 Å². The molecule has 8 heteroatoms. The van der Waals surface area contributed by atoms with Crippen LogP contribution in [-0.4, -0.2) is 28.0 Å². The van der Waals surface area contributed by atoms with E-state index < -0.39 is 15.9 Å². The van der Waals surface area contributed by atoms with Gasteiger partial charge in [0.1, 0.15) is 5.75 Å². The summed E-state index contributed by atoms with van der Waals surface area (Å²) in [5.41, 5.74) is 1.94. The number of anilines is 1. The third kappa shape index (κ3) is 4.72. The molecule has 2 N–H and O–H groups in total. The highest BCUT2D eigenvalue weighted by atomic mass is 35.5. The van der Waals surface area contributed by atoms with Gasteiger partial charge in [-0.15, -0.1) is 0 Å². The fraction of sp³-hybridized carbons (Fsp3) is 0.235. The molecule has 0 aliphatic heterocycles. The van der Waals surface area contributed by atoms with Crippen LogP contribution in [0.5, 0.6) is 5.75 Å². The number of benzene rings is 2. The van der Waals surface area contributed by atoms with Gasteiger partial charge in [-0.1, -0.05) is 17.7 Å². The molecule has 1 amide bonds. The van der Waals surface area contributed by atoms with Crippen molar-refractivity contribution in [1.82, 2.24) is 4.72 Å². The zero-order valence-electron chi connectivity index (χ0n) is 14.1. The molecule has 0 bridgehead atoms. The van der Waals surface area contributed by atoms with Gasteiger partial charge in [-0.05, 0) is 55.3 Å². The number of rotatable bonds is 6. The summed E-state index contributed by atoms with van der Waals surface area (Å²) in [5.74, 6) is 0.104. The number of amides is 1. The Hall–Kier alpha value is -2.09. The highest BCUT2D eigenvalue weighted by molar-refractivity contribution is 7.89. The Morgan fingerprint density at radius 3 is 2.56 bits per heavy atom. The average Bonchev–Trinajstić information content (AvgIpc) is 2.57. The lowest BCUT2D eigenvalue weighted by atomic mass is 10.2. The molecule has 0 aliphatic rings. The summed E-state index contributed by atoms with van der Waals surface area (Å²) >= 11 is 5.99. The quantitative estimate of drug-likeness (QED) is 0.804. The Morgan fingerprint density at radius 1 is 1.20 bits per heavy atom. The van der Waals surface area contributed by atoms with Crippen LogP contribution < -0.4 is 14.8 Å².